The molecular formula is C42H24N4O2. The van der Waals surface area contributed by atoms with E-state index >= 15 is 0 Å². The van der Waals surface area contributed by atoms with Gasteiger partial charge < -0.3 is 8.83 Å². The van der Waals surface area contributed by atoms with Crippen molar-refractivity contribution in [3.05, 3.63) is 146 Å². The van der Waals surface area contributed by atoms with Crippen LogP contribution < -0.4 is 0 Å². The van der Waals surface area contributed by atoms with Crippen molar-refractivity contribution in [2.24, 2.45) is 0 Å². The Morgan fingerprint density at radius 2 is 1.04 bits per heavy atom. The number of furan rings is 2. The second-order valence-electron chi connectivity index (χ2n) is 11.9. The first-order valence-corrected chi connectivity index (χ1v) is 15.8. The zero-order valence-electron chi connectivity index (χ0n) is 25.5. The van der Waals surface area contributed by atoms with Crippen LogP contribution in [0.3, 0.4) is 0 Å². The summed E-state index contributed by atoms with van der Waals surface area (Å²) in [7, 11) is 0. The van der Waals surface area contributed by atoms with Gasteiger partial charge in [-0.05, 0) is 41.1 Å². The molecule has 0 aliphatic carbocycles. The summed E-state index contributed by atoms with van der Waals surface area (Å²) >= 11 is 0. The minimum atomic E-state index is 0.555. The molecule has 0 unspecified atom stereocenters. The molecule has 0 amide bonds. The normalized spacial score (nSPS) is 11.8. The summed E-state index contributed by atoms with van der Waals surface area (Å²) in [5.74, 6) is 1.75. The van der Waals surface area contributed by atoms with E-state index in [9.17, 15) is 0 Å². The van der Waals surface area contributed by atoms with Crippen molar-refractivity contribution < 1.29 is 8.83 Å². The van der Waals surface area contributed by atoms with Gasteiger partial charge in [0.15, 0.2) is 17.5 Å². The van der Waals surface area contributed by atoms with Gasteiger partial charge in [0.2, 0.25) is 0 Å². The van der Waals surface area contributed by atoms with Gasteiger partial charge in [-0.1, -0.05) is 103 Å². The molecule has 10 aromatic rings. The van der Waals surface area contributed by atoms with Gasteiger partial charge in [0.1, 0.15) is 22.3 Å². The highest BCUT2D eigenvalue weighted by molar-refractivity contribution is 6.19. The fraction of sp³-hybridized carbons (Fsp3) is 0. The van der Waals surface area contributed by atoms with Gasteiger partial charge in [0, 0.05) is 61.8 Å². The van der Waals surface area contributed by atoms with E-state index in [-0.39, 0.29) is 0 Å². The van der Waals surface area contributed by atoms with Gasteiger partial charge >= 0.3 is 0 Å². The van der Waals surface area contributed by atoms with Crippen molar-refractivity contribution in [1.82, 2.24) is 19.9 Å². The number of aromatic nitrogens is 4. The molecule has 0 N–H and O–H groups in total. The lowest BCUT2D eigenvalue weighted by Gasteiger charge is -2.11. The molecule has 0 aliphatic rings. The molecule has 10 rings (SSSR count). The number of para-hydroxylation sites is 1. The predicted octanol–water partition coefficient (Wildman–Crippen LogP) is 10.9. The Labute approximate surface area is 274 Å². The van der Waals surface area contributed by atoms with Crippen LogP contribution in [0.1, 0.15) is 0 Å². The van der Waals surface area contributed by atoms with Crippen molar-refractivity contribution in [3.63, 3.8) is 0 Å². The van der Waals surface area contributed by atoms with Gasteiger partial charge in [-0.2, -0.15) is 0 Å². The van der Waals surface area contributed by atoms with Crippen LogP contribution in [0.4, 0.5) is 0 Å². The van der Waals surface area contributed by atoms with E-state index < -0.39 is 0 Å². The number of fused-ring (bicyclic) bond motifs is 7. The third-order valence-corrected chi connectivity index (χ3v) is 9.02. The molecule has 0 atom stereocenters. The minimum Gasteiger partial charge on any atom is -0.455 e. The van der Waals surface area contributed by atoms with Crippen molar-refractivity contribution in [2.75, 3.05) is 0 Å². The Bertz CT molecular complexity index is 2780. The van der Waals surface area contributed by atoms with Crippen LogP contribution in [0.25, 0.3) is 99.9 Å². The van der Waals surface area contributed by atoms with Crippen LogP contribution in [0.15, 0.2) is 155 Å². The van der Waals surface area contributed by atoms with Crippen molar-refractivity contribution in [2.45, 2.75) is 0 Å². The molecule has 0 fully saturated rings. The number of rotatable bonds is 4. The van der Waals surface area contributed by atoms with Gasteiger partial charge in [-0.3, -0.25) is 4.98 Å². The lowest BCUT2D eigenvalue weighted by Crippen LogP contribution is -2.00. The van der Waals surface area contributed by atoms with E-state index in [4.69, 9.17) is 23.8 Å². The van der Waals surface area contributed by atoms with Gasteiger partial charge in [0.05, 0.1) is 0 Å². The molecule has 224 valence electrons. The molecule has 0 radical (unpaired) electrons. The Hall–Kier alpha value is -6.66. The van der Waals surface area contributed by atoms with Crippen LogP contribution in [-0.4, -0.2) is 19.9 Å². The SMILES string of the molecule is c1ccc(-c2nc(-c3ccccc3)nc(-c3ccc(-c4cccc5c4oc4cc6ccccc6cc45)c4oc5ccncc5c34)n2)cc1. The molecule has 0 saturated heterocycles. The molecule has 4 heterocycles. The summed E-state index contributed by atoms with van der Waals surface area (Å²) in [6.07, 6.45) is 3.60. The summed E-state index contributed by atoms with van der Waals surface area (Å²) in [6, 6.07) is 45.0. The lowest BCUT2D eigenvalue weighted by atomic mass is 9.96. The van der Waals surface area contributed by atoms with Crippen LogP contribution in [-0.2, 0) is 0 Å². The van der Waals surface area contributed by atoms with Crippen LogP contribution >= 0.6 is 0 Å². The second kappa shape index (κ2) is 10.4. The maximum Gasteiger partial charge on any atom is 0.164 e. The lowest BCUT2D eigenvalue weighted by molar-refractivity contribution is 0.665. The molecule has 0 aliphatic heterocycles. The van der Waals surface area contributed by atoms with Crippen molar-refractivity contribution >= 4 is 54.6 Å². The maximum absolute atomic E-state index is 6.66. The highest BCUT2D eigenvalue weighted by Crippen LogP contribution is 2.44. The highest BCUT2D eigenvalue weighted by atomic mass is 16.3. The summed E-state index contributed by atoms with van der Waals surface area (Å²) in [5, 5.41) is 6.23. The third kappa shape index (κ3) is 4.13. The Morgan fingerprint density at radius 3 is 1.79 bits per heavy atom. The average Bonchev–Trinajstić information content (AvgIpc) is 3.73. The quantitative estimate of drug-likeness (QED) is 0.196. The second-order valence-corrected chi connectivity index (χ2v) is 11.9. The van der Waals surface area contributed by atoms with Crippen LogP contribution in [0.2, 0.25) is 0 Å². The number of hydrogen-bond acceptors (Lipinski definition) is 6. The molecular weight excluding hydrogens is 592 g/mol. The summed E-state index contributed by atoms with van der Waals surface area (Å²) < 4.78 is 13.3. The monoisotopic (exact) mass is 616 g/mol. The summed E-state index contributed by atoms with van der Waals surface area (Å²) in [5.41, 5.74) is 7.64. The van der Waals surface area contributed by atoms with Crippen molar-refractivity contribution in [1.29, 1.82) is 0 Å². The molecule has 6 nitrogen and oxygen atoms in total. The van der Waals surface area contributed by atoms with E-state index in [0.29, 0.717) is 17.5 Å². The molecule has 6 aromatic carbocycles. The Kier molecular flexibility index (Phi) is 5.77. The molecule has 0 saturated carbocycles. The zero-order chi connectivity index (χ0) is 31.6. The van der Waals surface area contributed by atoms with Crippen molar-refractivity contribution in [3.8, 4) is 45.3 Å². The first kappa shape index (κ1) is 26.5. The topological polar surface area (TPSA) is 77.8 Å². The Balaban J connectivity index is 1.25. The number of nitrogens with zero attached hydrogens (tertiary/aromatic N) is 4. The maximum atomic E-state index is 6.66. The standard InChI is InChI=1S/C42H24N4O2/c1-3-10-25(11-4-1)40-44-41(26-12-5-2-6-13-26)46-42(45-40)32-19-18-31(39-37(32)34-24-43-21-20-35(34)47-39)29-16-9-17-30-33-22-27-14-7-8-15-28(27)23-36(33)48-38(29)30/h1-24H. The first-order chi connectivity index (χ1) is 23.8. The van der Waals surface area contributed by atoms with Gasteiger partial charge in [0.25, 0.3) is 0 Å². The summed E-state index contributed by atoms with van der Waals surface area (Å²) in [4.78, 5) is 19.5. The molecule has 0 bridgehead atoms. The molecule has 0 spiro atoms. The van der Waals surface area contributed by atoms with Crippen LogP contribution in [0.5, 0.6) is 0 Å². The largest absolute Gasteiger partial charge is 0.455 e. The molecule has 4 aromatic heterocycles. The Morgan fingerprint density at radius 1 is 0.417 bits per heavy atom. The third-order valence-electron chi connectivity index (χ3n) is 9.02. The number of pyridine rings is 1. The van der Waals surface area contributed by atoms with E-state index in [0.717, 1.165) is 77.1 Å². The van der Waals surface area contributed by atoms with E-state index in [1.54, 1.807) is 6.20 Å². The zero-order valence-corrected chi connectivity index (χ0v) is 25.5. The average molecular weight is 617 g/mol. The fourth-order valence-electron chi connectivity index (χ4n) is 6.75. The van der Waals surface area contributed by atoms with E-state index in [1.807, 2.05) is 72.9 Å². The molecule has 6 heteroatoms. The first-order valence-electron chi connectivity index (χ1n) is 15.8. The minimum absolute atomic E-state index is 0.555. The fourth-order valence-corrected chi connectivity index (χ4v) is 6.75. The summed E-state index contributed by atoms with van der Waals surface area (Å²) in [6.45, 7) is 0. The smallest absolute Gasteiger partial charge is 0.164 e. The van der Waals surface area contributed by atoms with E-state index in [1.165, 1.54) is 5.39 Å². The van der Waals surface area contributed by atoms with Crippen LogP contribution in [0, 0.1) is 0 Å². The van der Waals surface area contributed by atoms with E-state index in [2.05, 4.69) is 71.7 Å². The predicted molar refractivity (Wildman–Crippen MR) is 191 cm³/mol. The highest BCUT2D eigenvalue weighted by Gasteiger charge is 2.23. The molecule has 48 heavy (non-hydrogen) atoms. The van der Waals surface area contributed by atoms with Gasteiger partial charge in [-0.15, -0.1) is 0 Å². The number of benzene rings is 6. The van der Waals surface area contributed by atoms with Gasteiger partial charge in [-0.25, -0.2) is 15.0 Å². The number of hydrogen-bond donors (Lipinski definition) is 0.